The number of para-hydroxylation sites is 3. The molecular formula is C43H25N5. The molecule has 5 nitrogen and oxygen atoms in total. The maximum absolute atomic E-state index is 9.72. The Hall–Kier alpha value is -6.95. The molecule has 0 saturated heterocycles. The van der Waals surface area contributed by atoms with E-state index in [-0.39, 0.29) is 0 Å². The third kappa shape index (κ3) is 4.27. The fourth-order valence-corrected chi connectivity index (χ4v) is 7.00. The lowest BCUT2D eigenvalue weighted by Gasteiger charge is -2.15. The zero-order chi connectivity index (χ0) is 32.2. The van der Waals surface area contributed by atoms with Crippen LogP contribution in [0.4, 0.5) is 0 Å². The van der Waals surface area contributed by atoms with Crippen molar-refractivity contribution in [2.45, 2.75) is 0 Å². The van der Waals surface area contributed by atoms with Gasteiger partial charge in [-0.3, -0.25) is 9.13 Å². The number of aromatic nitrogens is 3. The van der Waals surface area contributed by atoms with Crippen molar-refractivity contribution in [3.63, 3.8) is 0 Å². The molecule has 0 radical (unpaired) electrons. The van der Waals surface area contributed by atoms with Gasteiger partial charge in [0.2, 0.25) is 0 Å². The molecule has 0 fully saturated rings. The second-order valence-electron chi connectivity index (χ2n) is 11.9. The summed E-state index contributed by atoms with van der Waals surface area (Å²) >= 11 is 0. The molecule has 3 aromatic heterocycles. The van der Waals surface area contributed by atoms with Crippen LogP contribution in [-0.4, -0.2) is 14.1 Å². The van der Waals surface area contributed by atoms with E-state index in [4.69, 9.17) is 4.98 Å². The van der Waals surface area contributed by atoms with Crippen LogP contribution in [0.25, 0.3) is 77.5 Å². The second kappa shape index (κ2) is 10.8. The van der Waals surface area contributed by atoms with Crippen LogP contribution in [0, 0.1) is 22.7 Å². The van der Waals surface area contributed by atoms with Gasteiger partial charge < -0.3 is 0 Å². The largest absolute Gasteiger partial charge is 0.294 e. The highest BCUT2D eigenvalue weighted by atomic mass is 15.1. The number of benzene rings is 6. The molecule has 0 aliphatic rings. The predicted octanol–water partition coefficient (Wildman–Crippen LogP) is 10.4. The average Bonchev–Trinajstić information content (AvgIpc) is 3.67. The van der Waals surface area contributed by atoms with E-state index in [0.29, 0.717) is 11.1 Å². The summed E-state index contributed by atoms with van der Waals surface area (Å²) in [7, 11) is 0. The summed E-state index contributed by atoms with van der Waals surface area (Å²) in [6.07, 6.45) is 0. The number of nitriles is 2. The van der Waals surface area contributed by atoms with Gasteiger partial charge in [-0.25, -0.2) is 4.98 Å². The third-order valence-corrected chi connectivity index (χ3v) is 9.16. The van der Waals surface area contributed by atoms with Crippen molar-refractivity contribution in [3.8, 4) is 46.0 Å². The second-order valence-corrected chi connectivity index (χ2v) is 11.9. The molecule has 6 aromatic carbocycles. The molecule has 0 N–H and O–H groups in total. The molecule has 9 aromatic rings. The molecule has 0 aliphatic carbocycles. The van der Waals surface area contributed by atoms with Crippen molar-refractivity contribution in [1.82, 2.24) is 14.1 Å². The summed E-state index contributed by atoms with van der Waals surface area (Å²) in [6.45, 7) is 0. The molecule has 0 spiro atoms. The Bertz CT molecular complexity index is 2770. The maximum atomic E-state index is 9.72. The number of hydrogen-bond acceptors (Lipinski definition) is 3. The highest BCUT2D eigenvalue weighted by Crippen LogP contribution is 2.37. The standard InChI is InChI=1S/C43H25N5/c44-26-28-9-7-10-30(21-28)31-11-8-12-32(23-31)33-24-42(47-38-16-4-1-13-34(38)35-14-2-5-17-39(35)47)46-43(25-33)48-40-18-6-3-15-36(40)37-22-29(27-45)19-20-41(37)48/h1-25H. The van der Waals surface area contributed by atoms with E-state index in [2.05, 4.69) is 118 Å². The van der Waals surface area contributed by atoms with Crippen LogP contribution in [0.15, 0.2) is 152 Å². The van der Waals surface area contributed by atoms with Gasteiger partial charge in [0, 0.05) is 21.5 Å². The quantitative estimate of drug-likeness (QED) is 0.199. The predicted molar refractivity (Wildman–Crippen MR) is 193 cm³/mol. The highest BCUT2D eigenvalue weighted by molar-refractivity contribution is 6.10. The van der Waals surface area contributed by atoms with E-state index in [9.17, 15) is 10.5 Å². The van der Waals surface area contributed by atoms with Crippen LogP contribution < -0.4 is 0 Å². The Labute approximate surface area is 276 Å². The minimum Gasteiger partial charge on any atom is -0.294 e. The SMILES string of the molecule is N#Cc1cccc(-c2cccc(-c3cc(-n4c5ccccc5c5ccccc54)nc(-n4c5ccccc5c5cc(C#N)ccc54)c3)c2)c1. The van der Waals surface area contributed by atoms with Gasteiger partial charge in [-0.2, -0.15) is 10.5 Å². The van der Waals surface area contributed by atoms with Crippen LogP contribution in [0.5, 0.6) is 0 Å². The Morgan fingerprint density at radius 3 is 1.42 bits per heavy atom. The van der Waals surface area contributed by atoms with E-state index in [1.54, 1.807) is 0 Å². The molecule has 0 aliphatic heterocycles. The first kappa shape index (κ1) is 27.4. The first-order chi connectivity index (χ1) is 23.7. The Morgan fingerprint density at radius 1 is 0.375 bits per heavy atom. The molecule has 0 bridgehead atoms. The minimum atomic E-state index is 0.621. The van der Waals surface area contributed by atoms with Gasteiger partial charge >= 0.3 is 0 Å². The van der Waals surface area contributed by atoms with E-state index >= 15 is 0 Å². The zero-order valence-electron chi connectivity index (χ0n) is 25.7. The lowest BCUT2D eigenvalue weighted by Crippen LogP contribution is -2.04. The third-order valence-electron chi connectivity index (χ3n) is 9.16. The van der Waals surface area contributed by atoms with E-state index < -0.39 is 0 Å². The monoisotopic (exact) mass is 611 g/mol. The minimum absolute atomic E-state index is 0.621. The first-order valence-electron chi connectivity index (χ1n) is 15.8. The topological polar surface area (TPSA) is 70.3 Å². The molecule has 0 amide bonds. The summed E-state index contributed by atoms with van der Waals surface area (Å²) in [4.78, 5) is 5.42. The summed E-state index contributed by atoms with van der Waals surface area (Å²) in [5.41, 5.74) is 9.47. The van der Waals surface area contributed by atoms with Crippen molar-refractivity contribution in [3.05, 3.63) is 163 Å². The molecule has 5 heteroatoms. The number of nitrogens with zero attached hydrogens (tertiary/aromatic N) is 5. The highest BCUT2D eigenvalue weighted by Gasteiger charge is 2.19. The summed E-state index contributed by atoms with van der Waals surface area (Å²) in [6, 6.07) is 56.1. The van der Waals surface area contributed by atoms with Crippen molar-refractivity contribution >= 4 is 43.6 Å². The Balaban J connectivity index is 1.36. The molecule has 0 atom stereocenters. The van der Waals surface area contributed by atoms with Gasteiger partial charge in [-0.1, -0.05) is 84.9 Å². The number of hydrogen-bond donors (Lipinski definition) is 0. The van der Waals surface area contributed by atoms with Crippen molar-refractivity contribution < 1.29 is 0 Å². The van der Waals surface area contributed by atoms with E-state index in [1.165, 1.54) is 10.8 Å². The van der Waals surface area contributed by atoms with Crippen molar-refractivity contribution in [1.29, 1.82) is 10.5 Å². The van der Waals surface area contributed by atoms with Crippen LogP contribution in [0.3, 0.4) is 0 Å². The zero-order valence-corrected chi connectivity index (χ0v) is 25.7. The number of fused-ring (bicyclic) bond motifs is 6. The van der Waals surface area contributed by atoms with Gasteiger partial charge in [-0.05, 0) is 89.0 Å². The maximum Gasteiger partial charge on any atom is 0.140 e. The molecule has 0 saturated carbocycles. The summed E-state index contributed by atoms with van der Waals surface area (Å²) < 4.78 is 4.45. The number of rotatable bonds is 4. The van der Waals surface area contributed by atoms with Crippen LogP contribution >= 0.6 is 0 Å². The van der Waals surface area contributed by atoms with Gasteiger partial charge in [0.05, 0.1) is 45.3 Å². The van der Waals surface area contributed by atoms with Crippen molar-refractivity contribution in [2.24, 2.45) is 0 Å². The normalized spacial score (nSPS) is 11.3. The van der Waals surface area contributed by atoms with Gasteiger partial charge in [0.25, 0.3) is 0 Å². The van der Waals surface area contributed by atoms with Gasteiger partial charge in [0.15, 0.2) is 0 Å². The van der Waals surface area contributed by atoms with Gasteiger partial charge in [0.1, 0.15) is 11.6 Å². The number of pyridine rings is 1. The van der Waals surface area contributed by atoms with Crippen LogP contribution in [-0.2, 0) is 0 Å². The summed E-state index contributed by atoms with van der Waals surface area (Å²) in [5, 5.41) is 23.7. The van der Waals surface area contributed by atoms with E-state index in [1.807, 2.05) is 54.6 Å². The Kier molecular flexibility index (Phi) is 6.18. The molecule has 48 heavy (non-hydrogen) atoms. The molecular weight excluding hydrogens is 587 g/mol. The molecule has 222 valence electrons. The van der Waals surface area contributed by atoms with Crippen LogP contribution in [0.1, 0.15) is 11.1 Å². The van der Waals surface area contributed by atoms with E-state index in [0.717, 1.165) is 66.7 Å². The lowest BCUT2D eigenvalue weighted by atomic mass is 9.98. The Morgan fingerprint density at radius 2 is 0.833 bits per heavy atom. The smallest absolute Gasteiger partial charge is 0.140 e. The fourth-order valence-electron chi connectivity index (χ4n) is 7.00. The van der Waals surface area contributed by atoms with Gasteiger partial charge in [-0.15, -0.1) is 0 Å². The van der Waals surface area contributed by atoms with Crippen molar-refractivity contribution in [2.75, 3.05) is 0 Å². The average molecular weight is 612 g/mol. The molecule has 0 unspecified atom stereocenters. The van der Waals surface area contributed by atoms with Crippen LogP contribution in [0.2, 0.25) is 0 Å². The first-order valence-corrected chi connectivity index (χ1v) is 15.8. The summed E-state index contributed by atoms with van der Waals surface area (Å²) in [5.74, 6) is 1.58. The molecule has 3 heterocycles. The molecule has 9 rings (SSSR count). The lowest BCUT2D eigenvalue weighted by molar-refractivity contribution is 1.01. The fraction of sp³-hybridized carbons (Fsp3) is 0.